The Kier molecular flexibility index (Phi) is 4.33. The van der Waals surface area contributed by atoms with E-state index in [1.165, 1.54) is 12.1 Å². The van der Waals surface area contributed by atoms with Crippen LogP contribution in [0.3, 0.4) is 0 Å². The van der Waals surface area contributed by atoms with Crippen LogP contribution in [0.15, 0.2) is 18.2 Å². The van der Waals surface area contributed by atoms with Crippen LogP contribution in [0.1, 0.15) is 34.1 Å². The molecule has 2 unspecified atom stereocenters. The summed E-state index contributed by atoms with van der Waals surface area (Å²) in [5, 5.41) is 3.59. The van der Waals surface area contributed by atoms with Crippen LogP contribution in [0.4, 0.5) is 14.5 Å². The SMILES string of the molecule is CCC1(C)CN(c2ccc(F)c(F)c2)C(C(C)C)CN1. The Morgan fingerprint density at radius 3 is 2.60 bits per heavy atom. The van der Waals surface area contributed by atoms with Crippen LogP contribution in [0.5, 0.6) is 0 Å². The van der Waals surface area contributed by atoms with Gasteiger partial charge in [0, 0.05) is 36.4 Å². The second-order valence-corrected chi connectivity index (χ2v) is 6.33. The Balaban J connectivity index is 2.33. The van der Waals surface area contributed by atoms with E-state index in [1.54, 1.807) is 6.07 Å². The summed E-state index contributed by atoms with van der Waals surface area (Å²) in [7, 11) is 0. The van der Waals surface area contributed by atoms with Crippen molar-refractivity contribution in [2.75, 3.05) is 18.0 Å². The molecule has 1 aromatic rings. The zero-order valence-electron chi connectivity index (χ0n) is 12.7. The van der Waals surface area contributed by atoms with Crippen LogP contribution in [-0.2, 0) is 0 Å². The summed E-state index contributed by atoms with van der Waals surface area (Å²) in [6.07, 6.45) is 0.998. The van der Waals surface area contributed by atoms with Gasteiger partial charge >= 0.3 is 0 Å². The molecule has 1 N–H and O–H groups in total. The number of nitrogens with zero attached hydrogens (tertiary/aromatic N) is 1. The standard InChI is InChI=1S/C16H24F2N2/c1-5-16(4)10-20(15(9-19-16)11(2)3)12-6-7-13(17)14(18)8-12/h6-8,11,15,19H,5,9-10H2,1-4H3. The zero-order valence-corrected chi connectivity index (χ0v) is 12.7. The van der Waals surface area contributed by atoms with Crippen LogP contribution in [0, 0.1) is 17.6 Å². The van der Waals surface area contributed by atoms with Crippen molar-refractivity contribution >= 4 is 5.69 Å². The first kappa shape index (κ1) is 15.2. The number of halogens is 2. The lowest BCUT2D eigenvalue weighted by Gasteiger charge is -2.48. The van der Waals surface area contributed by atoms with E-state index in [4.69, 9.17) is 0 Å². The normalized spacial score (nSPS) is 27.1. The Hall–Kier alpha value is -1.16. The van der Waals surface area contributed by atoms with Gasteiger partial charge in [-0.05, 0) is 31.4 Å². The Bertz CT molecular complexity index is 476. The number of anilines is 1. The summed E-state index contributed by atoms with van der Waals surface area (Å²) in [4.78, 5) is 2.22. The van der Waals surface area contributed by atoms with Crippen molar-refractivity contribution < 1.29 is 8.78 Å². The monoisotopic (exact) mass is 282 g/mol. The van der Waals surface area contributed by atoms with Crippen LogP contribution in [-0.4, -0.2) is 24.7 Å². The molecular formula is C16H24F2N2. The van der Waals surface area contributed by atoms with E-state index in [9.17, 15) is 8.78 Å². The van der Waals surface area contributed by atoms with Crippen LogP contribution >= 0.6 is 0 Å². The first-order valence-electron chi connectivity index (χ1n) is 7.33. The van der Waals surface area contributed by atoms with Gasteiger partial charge in [0.05, 0.1) is 0 Å². The summed E-state index contributed by atoms with van der Waals surface area (Å²) in [5.41, 5.74) is 0.778. The van der Waals surface area contributed by atoms with Gasteiger partial charge in [0.1, 0.15) is 0 Å². The van der Waals surface area contributed by atoms with E-state index < -0.39 is 11.6 Å². The summed E-state index contributed by atoms with van der Waals surface area (Å²) >= 11 is 0. The third kappa shape index (κ3) is 2.95. The molecule has 0 aliphatic carbocycles. The van der Waals surface area contributed by atoms with Crippen molar-refractivity contribution in [3.8, 4) is 0 Å². The molecular weight excluding hydrogens is 258 g/mol. The predicted molar refractivity (Wildman–Crippen MR) is 79.0 cm³/mol. The number of nitrogens with one attached hydrogen (secondary N) is 1. The third-order valence-electron chi connectivity index (χ3n) is 4.44. The summed E-state index contributed by atoms with van der Waals surface area (Å²) in [6, 6.07) is 4.49. The van der Waals surface area contributed by atoms with E-state index in [0.717, 1.165) is 25.2 Å². The Morgan fingerprint density at radius 1 is 1.35 bits per heavy atom. The molecule has 0 bridgehead atoms. The highest BCUT2D eigenvalue weighted by Crippen LogP contribution is 2.29. The topological polar surface area (TPSA) is 15.3 Å². The van der Waals surface area contributed by atoms with E-state index in [-0.39, 0.29) is 5.54 Å². The fourth-order valence-corrected chi connectivity index (χ4v) is 2.79. The maximum atomic E-state index is 13.5. The highest BCUT2D eigenvalue weighted by atomic mass is 19.2. The van der Waals surface area contributed by atoms with E-state index in [2.05, 4.69) is 37.9 Å². The van der Waals surface area contributed by atoms with Gasteiger partial charge in [0.25, 0.3) is 0 Å². The molecule has 1 fully saturated rings. The quantitative estimate of drug-likeness (QED) is 0.912. The lowest BCUT2D eigenvalue weighted by Crippen LogP contribution is -2.64. The zero-order chi connectivity index (χ0) is 14.9. The first-order chi connectivity index (χ1) is 9.36. The lowest BCUT2D eigenvalue weighted by molar-refractivity contribution is 0.252. The number of piperazine rings is 1. The van der Waals surface area contributed by atoms with Gasteiger partial charge in [-0.1, -0.05) is 20.8 Å². The number of hydrogen-bond donors (Lipinski definition) is 1. The average Bonchev–Trinajstić information content (AvgIpc) is 2.41. The van der Waals surface area contributed by atoms with Crippen molar-refractivity contribution in [1.82, 2.24) is 5.32 Å². The van der Waals surface area contributed by atoms with Gasteiger partial charge in [-0.25, -0.2) is 8.78 Å². The molecule has 0 aromatic heterocycles. The van der Waals surface area contributed by atoms with Crippen LogP contribution < -0.4 is 10.2 Å². The predicted octanol–water partition coefficient (Wildman–Crippen LogP) is 3.57. The molecule has 0 amide bonds. The van der Waals surface area contributed by atoms with Crippen molar-refractivity contribution in [2.45, 2.75) is 45.7 Å². The van der Waals surface area contributed by atoms with Crippen LogP contribution in [0.25, 0.3) is 0 Å². The molecule has 4 heteroatoms. The maximum absolute atomic E-state index is 13.5. The first-order valence-corrected chi connectivity index (χ1v) is 7.33. The van der Waals surface area contributed by atoms with Gasteiger partial charge in [-0.15, -0.1) is 0 Å². The largest absolute Gasteiger partial charge is 0.365 e. The highest BCUT2D eigenvalue weighted by molar-refractivity contribution is 5.49. The summed E-state index contributed by atoms with van der Waals surface area (Å²) in [5.74, 6) is -1.12. The van der Waals surface area contributed by atoms with Gasteiger partial charge in [-0.3, -0.25) is 0 Å². The molecule has 1 saturated heterocycles. The summed E-state index contributed by atoms with van der Waals surface area (Å²) < 4.78 is 26.7. The van der Waals surface area contributed by atoms with Gasteiger partial charge in [-0.2, -0.15) is 0 Å². The van der Waals surface area contributed by atoms with E-state index in [1.807, 2.05) is 0 Å². The molecule has 1 aliphatic heterocycles. The number of hydrogen-bond acceptors (Lipinski definition) is 2. The van der Waals surface area contributed by atoms with Gasteiger partial charge in [0.2, 0.25) is 0 Å². The van der Waals surface area contributed by atoms with Crippen molar-refractivity contribution in [3.05, 3.63) is 29.8 Å². The second-order valence-electron chi connectivity index (χ2n) is 6.33. The van der Waals surface area contributed by atoms with Gasteiger partial charge in [0.15, 0.2) is 11.6 Å². The molecule has 1 aliphatic rings. The number of rotatable bonds is 3. The summed E-state index contributed by atoms with van der Waals surface area (Å²) in [6.45, 7) is 10.3. The van der Waals surface area contributed by atoms with Crippen molar-refractivity contribution in [3.63, 3.8) is 0 Å². The average molecular weight is 282 g/mol. The molecule has 0 saturated carbocycles. The molecule has 2 nitrogen and oxygen atoms in total. The smallest absolute Gasteiger partial charge is 0.160 e. The van der Waals surface area contributed by atoms with Crippen molar-refractivity contribution in [1.29, 1.82) is 0 Å². The van der Waals surface area contributed by atoms with E-state index in [0.29, 0.717) is 12.0 Å². The third-order valence-corrected chi connectivity index (χ3v) is 4.44. The van der Waals surface area contributed by atoms with E-state index >= 15 is 0 Å². The van der Waals surface area contributed by atoms with Gasteiger partial charge < -0.3 is 10.2 Å². The Morgan fingerprint density at radius 2 is 2.05 bits per heavy atom. The minimum atomic E-state index is -0.789. The molecule has 2 atom stereocenters. The maximum Gasteiger partial charge on any atom is 0.160 e. The van der Waals surface area contributed by atoms with Crippen LogP contribution in [0.2, 0.25) is 0 Å². The molecule has 1 aromatic carbocycles. The highest BCUT2D eigenvalue weighted by Gasteiger charge is 2.36. The number of benzene rings is 1. The second kappa shape index (κ2) is 5.68. The molecule has 0 spiro atoms. The molecule has 112 valence electrons. The molecule has 1 heterocycles. The molecule has 2 rings (SSSR count). The minimum Gasteiger partial charge on any atom is -0.365 e. The fraction of sp³-hybridized carbons (Fsp3) is 0.625. The van der Waals surface area contributed by atoms with Crippen molar-refractivity contribution in [2.24, 2.45) is 5.92 Å². The Labute approximate surface area is 120 Å². The fourth-order valence-electron chi connectivity index (χ4n) is 2.79. The molecule has 20 heavy (non-hydrogen) atoms. The lowest BCUT2D eigenvalue weighted by atomic mass is 9.89. The minimum absolute atomic E-state index is 0.0102. The molecule has 0 radical (unpaired) electrons.